The monoisotopic (exact) mass is 307 g/mol. The molecule has 3 nitrogen and oxygen atoms in total. The van der Waals surface area contributed by atoms with Gasteiger partial charge in [0.1, 0.15) is 0 Å². The second kappa shape index (κ2) is 7.92. The maximum Gasteiger partial charge on any atom is 0.191 e. The summed E-state index contributed by atoms with van der Waals surface area (Å²) >= 11 is 7.64. The Morgan fingerprint density at radius 1 is 1.20 bits per heavy atom. The zero-order valence-corrected chi connectivity index (χ0v) is 13.0. The van der Waals surface area contributed by atoms with Crippen molar-refractivity contribution in [3.8, 4) is 0 Å². The molecular formula is C15H18ClN3S. The van der Waals surface area contributed by atoms with Gasteiger partial charge in [-0.3, -0.25) is 4.99 Å². The van der Waals surface area contributed by atoms with E-state index < -0.39 is 0 Å². The van der Waals surface area contributed by atoms with Crippen molar-refractivity contribution in [1.82, 2.24) is 10.6 Å². The number of guanidine groups is 1. The van der Waals surface area contributed by atoms with E-state index in [-0.39, 0.29) is 0 Å². The Kier molecular flexibility index (Phi) is 5.89. The molecule has 2 rings (SSSR count). The Morgan fingerprint density at radius 2 is 2.00 bits per heavy atom. The van der Waals surface area contributed by atoms with E-state index in [1.54, 1.807) is 18.4 Å². The van der Waals surface area contributed by atoms with Crippen LogP contribution >= 0.6 is 22.9 Å². The molecule has 0 aliphatic rings. The Balaban J connectivity index is 1.73. The molecule has 0 amide bonds. The smallest absolute Gasteiger partial charge is 0.191 e. The van der Waals surface area contributed by atoms with Crippen LogP contribution in [0.3, 0.4) is 0 Å². The van der Waals surface area contributed by atoms with Gasteiger partial charge in [-0.25, -0.2) is 0 Å². The van der Waals surface area contributed by atoms with Crippen LogP contribution in [-0.4, -0.2) is 19.6 Å². The van der Waals surface area contributed by atoms with E-state index >= 15 is 0 Å². The molecule has 0 spiro atoms. The fourth-order valence-electron chi connectivity index (χ4n) is 1.77. The summed E-state index contributed by atoms with van der Waals surface area (Å²) in [6, 6.07) is 12.0. The van der Waals surface area contributed by atoms with Crippen LogP contribution in [0.1, 0.15) is 10.4 Å². The van der Waals surface area contributed by atoms with Crippen LogP contribution in [0.15, 0.2) is 46.8 Å². The number of thiophene rings is 1. The van der Waals surface area contributed by atoms with Gasteiger partial charge in [0, 0.05) is 30.0 Å². The highest BCUT2D eigenvalue weighted by atomic mass is 35.5. The van der Waals surface area contributed by atoms with Crippen molar-refractivity contribution in [1.29, 1.82) is 0 Å². The van der Waals surface area contributed by atoms with Gasteiger partial charge in [0.05, 0.1) is 0 Å². The maximum absolute atomic E-state index is 5.86. The van der Waals surface area contributed by atoms with E-state index in [1.165, 1.54) is 10.4 Å². The molecule has 1 aromatic carbocycles. The van der Waals surface area contributed by atoms with Gasteiger partial charge in [0.2, 0.25) is 0 Å². The minimum Gasteiger partial charge on any atom is -0.356 e. The number of benzene rings is 1. The molecule has 0 bridgehead atoms. The van der Waals surface area contributed by atoms with Gasteiger partial charge >= 0.3 is 0 Å². The lowest BCUT2D eigenvalue weighted by atomic mass is 10.2. The predicted molar refractivity (Wildman–Crippen MR) is 87.7 cm³/mol. The normalized spacial score (nSPS) is 11.4. The molecule has 0 atom stereocenters. The SMILES string of the molecule is CN=C(NCCc1cccs1)NCc1ccc(Cl)cc1. The van der Waals surface area contributed by atoms with Gasteiger partial charge < -0.3 is 10.6 Å². The van der Waals surface area contributed by atoms with E-state index in [2.05, 4.69) is 33.1 Å². The molecule has 106 valence electrons. The lowest BCUT2D eigenvalue weighted by molar-refractivity contribution is 0.799. The Bertz CT molecular complexity index is 535. The first-order valence-corrected chi connectivity index (χ1v) is 7.75. The van der Waals surface area contributed by atoms with Crippen molar-refractivity contribution in [2.45, 2.75) is 13.0 Å². The second-order valence-electron chi connectivity index (χ2n) is 4.31. The zero-order valence-electron chi connectivity index (χ0n) is 11.4. The van der Waals surface area contributed by atoms with Crippen LogP contribution in [0.2, 0.25) is 5.02 Å². The molecule has 1 heterocycles. The molecule has 0 aliphatic heterocycles. The first-order valence-electron chi connectivity index (χ1n) is 6.49. The van der Waals surface area contributed by atoms with E-state index in [0.29, 0.717) is 0 Å². The number of aliphatic imine (C=N–C) groups is 1. The lowest BCUT2D eigenvalue weighted by Crippen LogP contribution is -2.37. The molecular weight excluding hydrogens is 290 g/mol. The summed E-state index contributed by atoms with van der Waals surface area (Å²) in [5, 5.41) is 9.45. The third-order valence-electron chi connectivity index (χ3n) is 2.84. The third kappa shape index (κ3) is 4.87. The van der Waals surface area contributed by atoms with Crippen molar-refractivity contribution >= 4 is 28.9 Å². The Labute approximate surface area is 128 Å². The van der Waals surface area contributed by atoms with Gasteiger partial charge in [-0.1, -0.05) is 29.8 Å². The number of nitrogens with zero attached hydrogens (tertiary/aromatic N) is 1. The fraction of sp³-hybridized carbons (Fsp3) is 0.267. The summed E-state index contributed by atoms with van der Waals surface area (Å²) in [6.45, 7) is 1.61. The van der Waals surface area contributed by atoms with Gasteiger partial charge in [-0.05, 0) is 35.6 Å². The first kappa shape index (κ1) is 14.9. The number of rotatable bonds is 5. The molecule has 0 radical (unpaired) electrons. The van der Waals surface area contributed by atoms with Crippen LogP contribution < -0.4 is 10.6 Å². The lowest BCUT2D eigenvalue weighted by Gasteiger charge is -2.11. The topological polar surface area (TPSA) is 36.4 Å². The molecule has 5 heteroatoms. The molecule has 0 fully saturated rings. The molecule has 0 saturated carbocycles. The van der Waals surface area contributed by atoms with Crippen LogP contribution in [0.5, 0.6) is 0 Å². The number of hydrogen-bond acceptors (Lipinski definition) is 2. The van der Waals surface area contributed by atoms with Crippen molar-refractivity contribution in [2.24, 2.45) is 4.99 Å². The van der Waals surface area contributed by atoms with Crippen LogP contribution in [-0.2, 0) is 13.0 Å². The number of hydrogen-bond donors (Lipinski definition) is 2. The highest BCUT2D eigenvalue weighted by Gasteiger charge is 1.99. The number of nitrogens with one attached hydrogen (secondary N) is 2. The average molecular weight is 308 g/mol. The second-order valence-corrected chi connectivity index (χ2v) is 5.78. The molecule has 1 aromatic heterocycles. The summed E-state index contributed by atoms with van der Waals surface area (Å²) in [7, 11) is 1.78. The van der Waals surface area contributed by atoms with Crippen LogP contribution in [0, 0.1) is 0 Å². The average Bonchev–Trinajstić information content (AvgIpc) is 2.97. The van der Waals surface area contributed by atoms with Gasteiger partial charge in [-0.15, -0.1) is 11.3 Å². The Morgan fingerprint density at radius 3 is 2.65 bits per heavy atom. The molecule has 0 unspecified atom stereocenters. The number of halogens is 1. The standard InChI is InChI=1S/C15H18ClN3S/c1-17-15(18-9-8-14-3-2-10-20-14)19-11-12-4-6-13(16)7-5-12/h2-7,10H,8-9,11H2,1H3,(H2,17,18,19). The quantitative estimate of drug-likeness (QED) is 0.657. The summed E-state index contributed by atoms with van der Waals surface area (Å²) in [4.78, 5) is 5.59. The molecule has 2 N–H and O–H groups in total. The highest BCUT2D eigenvalue weighted by molar-refractivity contribution is 7.09. The van der Waals surface area contributed by atoms with E-state index in [4.69, 9.17) is 11.6 Å². The first-order chi connectivity index (χ1) is 9.78. The van der Waals surface area contributed by atoms with E-state index in [1.807, 2.05) is 24.3 Å². The minimum atomic E-state index is 0.732. The third-order valence-corrected chi connectivity index (χ3v) is 4.03. The molecule has 0 aliphatic carbocycles. The largest absolute Gasteiger partial charge is 0.356 e. The van der Waals surface area contributed by atoms with Crippen LogP contribution in [0.4, 0.5) is 0 Å². The van der Waals surface area contributed by atoms with Crippen molar-refractivity contribution in [3.63, 3.8) is 0 Å². The van der Waals surface area contributed by atoms with Crippen molar-refractivity contribution < 1.29 is 0 Å². The van der Waals surface area contributed by atoms with Crippen molar-refractivity contribution in [2.75, 3.05) is 13.6 Å². The summed E-state index contributed by atoms with van der Waals surface area (Å²) in [6.07, 6.45) is 1.01. The van der Waals surface area contributed by atoms with Crippen molar-refractivity contribution in [3.05, 3.63) is 57.2 Å². The van der Waals surface area contributed by atoms with Crippen LogP contribution in [0.25, 0.3) is 0 Å². The van der Waals surface area contributed by atoms with Gasteiger partial charge in [-0.2, -0.15) is 0 Å². The molecule has 0 saturated heterocycles. The fourth-order valence-corrected chi connectivity index (χ4v) is 2.60. The van der Waals surface area contributed by atoms with Gasteiger partial charge in [0.25, 0.3) is 0 Å². The maximum atomic E-state index is 5.86. The predicted octanol–water partition coefficient (Wildman–Crippen LogP) is 3.31. The summed E-state index contributed by atoms with van der Waals surface area (Å²) < 4.78 is 0. The Hall–Kier alpha value is -1.52. The highest BCUT2D eigenvalue weighted by Crippen LogP contribution is 2.09. The zero-order chi connectivity index (χ0) is 14.2. The van der Waals surface area contributed by atoms with E-state index in [9.17, 15) is 0 Å². The minimum absolute atomic E-state index is 0.732. The molecule has 20 heavy (non-hydrogen) atoms. The van der Waals surface area contributed by atoms with E-state index in [0.717, 1.165) is 30.5 Å². The van der Waals surface area contributed by atoms with Gasteiger partial charge in [0.15, 0.2) is 5.96 Å². The summed E-state index contributed by atoms with van der Waals surface area (Å²) in [5.74, 6) is 0.816. The molecule has 2 aromatic rings. The summed E-state index contributed by atoms with van der Waals surface area (Å²) in [5.41, 5.74) is 1.18.